The monoisotopic (exact) mass is 285 g/mol. The Labute approximate surface area is 91.7 Å². The maximum atomic E-state index is 12.3. The van der Waals surface area contributed by atoms with Crippen molar-refractivity contribution in [2.24, 2.45) is 0 Å². The van der Waals surface area contributed by atoms with E-state index in [1.807, 2.05) is 0 Å². The Morgan fingerprint density at radius 2 is 1.18 bits per heavy atom. The van der Waals surface area contributed by atoms with Crippen LogP contribution in [0.15, 0.2) is 23.8 Å². The maximum Gasteiger partial charge on any atom is 0.336 e. The van der Waals surface area contributed by atoms with Gasteiger partial charge < -0.3 is 0 Å². The summed E-state index contributed by atoms with van der Waals surface area (Å²) >= 11 is 0. The molecule has 0 aromatic heterocycles. The summed E-state index contributed by atoms with van der Waals surface area (Å²) in [5, 5.41) is 0. The van der Waals surface area contributed by atoms with E-state index in [2.05, 4.69) is 0 Å². The van der Waals surface area contributed by atoms with Gasteiger partial charge in [-0.3, -0.25) is 4.55 Å². The lowest BCUT2D eigenvalue weighted by Gasteiger charge is -2.15. The molecule has 0 aliphatic heterocycles. The summed E-state index contributed by atoms with van der Waals surface area (Å²) in [6.07, 6.45) is -5.83. The van der Waals surface area contributed by atoms with E-state index in [9.17, 15) is 34.8 Å². The molecule has 0 amide bonds. The Kier molecular flexibility index (Phi) is 5.64. The molecule has 0 bridgehead atoms. The van der Waals surface area contributed by atoms with Crippen molar-refractivity contribution in [3.63, 3.8) is 0 Å². The number of nitrogens with zero attached hydrogens (tertiary/aromatic N) is 1. The lowest BCUT2D eigenvalue weighted by molar-refractivity contribution is 0.306. The zero-order chi connectivity index (χ0) is 13.8. The van der Waals surface area contributed by atoms with Gasteiger partial charge in [0.25, 0.3) is 0 Å². The highest BCUT2D eigenvalue weighted by Gasteiger charge is 2.25. The topological polar surface area (TPSA) is 57.6 Å². The fourth-order valence-corrected chi connectivity index (χ4v) is 1.20. The second-order valence-corrected chi connectivity index (χ2v) is 3.99. The van der Waals surface area contributed by atoms with Crippen LogP contribution in [-0.4, -0.2) is 30.4 Å². The minimum atomic E-state index is -5.30. The fourth-order valence-electron chi connectivity index (χ4n) is 0.648. The second-order valence-electron chi connectivity index (χ2n) is 2.58. The molecule has 0 unspecified atom stereocenters. The molecule has 0 aliphatic carbocycles. The van der Waals surface area contributed by atoms with Crippen molar-refractivity contribution < 1.29 is 39.3 Å². The van der Waals surface area contributed by atoms with E-state index in [-0.39, 0.29) is 0 Å². The van der Waals surface area contributed by atoms with Crippen LogP contribution in [-0.2, 0) is 10.3 Å². The van der Waals surface area contributed by atoms with Crippen LogP contribution in [0.5, 0.6) is 0 Å². The van der Waals surface area contributed by atoms with Crippen LogP contribution in [0.1, 0.15) is 0 Å². The molecule has 1 N–H and O–H groups in total. The van der Waals surface area contributed by atoms with Crippen molar-refractivity contribution >= 4 is 10.3 Å². The lowest BCUT2D eigenvalue weighted by Crippen LogP contribution is -2.33. The van der Waals surface area contributed by atoms with E-state index < -0.39 is 51.5 Å². The van der Waals surface area contributed by atoms with Gasteiger partial charge in [-0.1, -0.05) is 0 Å². The van der Waals surface area contributed by atoms with Crippen LogP contribution in [0.25, 0.3) is 0 Å². The van der Waals surface area contributed by atoms with Gasteiger partial charge in [-0.15, -0.1) is 0 Å². The third kappa shape index (κ3) is 5.70. The SMILES string of the molecule is O=S(=O)(O)N(CC(F)=C(F)F)CC(F)=C(F)F. The smallest absolute Gasteiger partial charge is 0.273 e. The normalized spacial score (nSPS) is 11.5. The molecular formula is C6H5F6NO3S. The summed E-state index contributed by atoms with van der Waals surface area (Å²) in [5.41, 5.74) is 0. The Morgan fingerprint density at radius 3 is 1.35 bits per heavy atom. The van der Waals surface area contributed by atoms with E-state index in [0.29, 0.717) is 0 Å². The molecule has 0 aromatic carbocycles. The average molecular weight is 285 g/mol. The summed E-state index contributed by atoms with van der Waals surface area (Å²) in [6.45, 7) is -3.52. The quantitative estimate of drug-likeness (QED) is 0.622. The number of halogens is 6. The van der Waals surface area contributed by atoms with E-state index >= 15 is 0 Å². The van der Waals surface area contributed by atoms with Gasteiger partial charge in [-0.25, -0.2) is 8.78 Å². The van der Waals surface area contributed by atoms with Crippen molar-refractivity contribution in [2.75, 3.05) is 13.1 Å². The molecule has 0 atom stereocenters. The summed E-state index contributed by atoms with van der Waals surface area (Å²) in [5.74, 6) is -4.59. The molecule has 0 heterocycles. The van der Waals surface area contributed by atoms with Crippen LogP contribution in [0.4, 0.5) is 26.3 Å². The lowest BCUT2D eigenvalue weighted by atomic mass is 10.5. The van der Waals surface area contributed by atoms with Crippen LogP contribution in [0.3, 0.4) is 0 Å². The van der Waals surface area contributed by atoms with Gasteiger partial charge in [-0.05, 0) is 0 Å². The molecule has 11 heteroatoms. The highest BCUT2D eigenvalue weighted by atomic mass is 32.2. The third-order valence-corrected chi connectivity index (χ3v) is 2.28. The zero-order valence-corrected chi connectivity index (χ0v) is 8.62. The minimum absolute atomic E-state index is 0.629. The second kappa shape index (κ2) is 6.02. The van der Waals surface area contributed by atoms with E-state index in [4.69, 9.17) is 4.55 Å². The Balaban J connectivity index is 5.08. The molecule has 100 valence electrons. The van der Waals surface area contributed by atoms with Crippen LogP contribution in [0, 0.1) is 0 Å². The van der Waals surface area contributed by atoms with E-state index in [0.717, 1.165) is 0 Å². The molecule has 0 fully saturated rings. The van der Waals surface area contributed by atoms with Crippen LogP contribution < -0.4 is 0 Å². The molecular weight excluding hydrogens is 280 g/mol. The molecule has 17 heavy (non-hydrogen) atoms. The molecule has 0 saturated carbocycles. The largest absolute Gasteiger partial charge is 0.336 e. The van der Waals surface area contributed by atoms with Gasteiger partial charge in [0.2, 0.25) is 0 Å². The molecule has 4 nitrogen and oxygen atoms in total. The summed E-state index contributed by atoms with van der Waals surface area (Å²) in [4.78, 5) is 0. The fraction of sp³-hybridized carbons (Fsp3) is 0.333. The molecule has 0 rings (SSSR count). The first-order chi connectivity index (χ1) is 7.55. The first-order valence-corrected chi connectivity index (χ1v) is 5.07. The standard InChI is InChI=1S/C6H5F6NO3S/c7-3(5(9)10)1-13(17(14,15)16)2-4(8)6(11)12/h1-2H2,(H,14,15,16). The van der Waals surface area contributed by atoms with Crippen molar-refractivity contribution in [3.05, 3.63) is 23.8 Å². The van der Waals surface area contributed by atoms with Crippen molar-refractivity contribution in [2.45, 2.75) is 0 Å². The zero-order valence-electron chi connectivity index (χ0n) is 7.80. The van der Waals surface area contributed by atoms with Gasteiger partial charge in [0.1, 0.15) is 0 Å². The highest BCUT2D eigenvalue weighted by molar-refractivity contribution is 7.83. The summed E-state index contributed by atoms with van der Waals surface area (Å²) < 4.78 is 99.8. The Morgan fingerprint density at radius 1 is 0.882 bits per heavy atom. The van der Waals surface area contributed by atoms with Crippen LogP contribution in [0.2, 0.25) is 0 Å². The van der Waals surface area contributed by atoms with Crippen molar-refractivity contribution in [1.82, 2.24) is 4.31 Å². The van der Waals surface area contributed by atoms with E-state index in [1.54, 1.807) is 0 Å². The molecule has 0 saturated heterocycles. The average Bonchev–Trinajstić information content (AvgIpc) is 2.14. The molecule has 0 aromatic rings. The maximum absolute atomic E-state index is 12.3. The van der Waals surface area contributed by atoms with Gasteiger partial charge in [0.05, 0.1) is 13.1 Å². The first-order valence-electron chi connectivity index (χ1n) is 3.67. The minimum Gasteiger partial charge on any atom is -0.273 e. The van der Waals surface area contributed by atoms with Gasteiger partial charge in [-0.2, -0.15) is 30.3 Å². The van der Waals surface area contributed by atoms with Gasteiger partial charge in [0.15, 0.2) is 11.7 Å². The predicted octanol–water partition coefficient (Wildman–Crippen LogP) is 2.25. The third-order valence-electron chi connectivity index (χ3n) is 1.37. The van der Waals surface area contributed by atoms with Crippen LogP contribution >= 0.6 is 0 Å². The Hall–Kier alpha value is -1.07. The molecule has 0 radical (unpaired) electrons. The summed E-state index contributed by atoms with van der Waals surface area (Å²) in [7, 11) is -5.30. The molecule has 0 spiro atoms. The number of rotatable bonds is 5. The first kappa shape index (κ1) is 15.9. The van der Waals surface area contributed by atoms with E-state index in [1.165, 1.54) is 0 Å². The number of hydrogen-bond donors (Lipinski definition) is 1. The van der Waals surface area contributed by atoms with Crippen molar-refractivity contribution in [3.8, 4) is 0 Å². The van der Waals surface area contributed by atoms with Gasteiger partial charge in [0, 0.05) is 0 Å². The van der Waals surface area contributed by atoms with Gasteiger partial charge >= 0.3 is 22.5 Å². The Bertz CT molecular complexity index is 411. The van der Waals surface area contributed by atoms with Crippen molar-refractivity contribution in [1.29, 1.82) is 0 Å². The molecule has 0 aliphatic rings. The predicted molar refractivity (Wildman–Crippen MR) is 43.8 cm³/mol. The summed E-state index contributed by atoms with van der Waals surface area (Å²) in [6, 6.07) is 0. The highest BCUT2D eigenvalue weighted by Crippen LogP contribution is 2.17. The number of hydrogen-bond acceptors (Lipinski definition) is 2.